The van der Waals surface area contributed by atoms with Crippen molar-refractivity contribution in [3.63, 3.8) is 0 Å². The average molecular weight is 428 g/mol. The summed E-state index contributed by atoms with van der Waals surface area (Å²) < 4.78 is 6.11. The number of likely N-dealkylation sites (tertiary alicyclic amines) is 1. The van der Waals surface area contributed by atoms with E-state index in [1.54, 1.807) is 11.1 Å². The highest BCUT2D eigenvalue weighted by atomic mass is 16.5. The van der Waals surface area contributed by atoms with Crippen LogP contribution in [0.1, 0.15) is 24.8 Å². The summed E-state index contributed by atoms with van der Waals surface area (Å²) in [4.78, 5) is 18.8. The van der Waals surface area contributed by atoms with Crippen molar-refractivity contribution < 1.29 is 9.53 Å². The summed E-state index contributed by atoms with van der Waals surface area (Å²) in [6.07, 6.45) is 6.41. The van der Waals surface area contributed by atoms with Crippen molar-refractivity contribution in [1.82, 2.24) is 20.1 Å². The molecule has 2 N–H and O–H groups in total. The van der Waals surface area contributed by atoms with E-state index in [1.807, 2.05) is 43.3 Å². The molecule has 1 aromatic carbocycles. The summed E-state index contributed by atoms with van der Waals surface area (Å²) in [6.45, 7) is 3.16. The molecule has 5 rings (SSSR count). The normalized spacial score (nSPS) is 18.6. The Morgan fingerprint density at radius 2 is 2.09 bits per heavy atom. The van der Waals surface area contributed by atoms with Crippen LogP contribution in [0.4, 0.5) is 5.82 Å². The molecule has 1 amide bonds. The number of anilines is 1. The number of amides is 1. The molecule has 0 unspecified atom stereocenters. The quantitative estimate of drug-likeness (QED) is 0.455. The summed E-state index contributed by atoms with van der Waals surface area (Å²) in [5.74, 6) is 2.24. The van der Waals surface area contributed by atoms with Crippen LogP contribution in [0.25, 0.3) is 11.0 Å². The van der Waals surface area contributed by atoms with Gasteiger partial charge in [0.25, 0.3) is 5.91 Å². The third kappa shape index (κ3) is 4.14. The molecule has 1 saturated heterocycles. The number of benzene rings is 1. The molecule has 0 spiro atoms. The highest BCUT2D eigenvalue weighted by molar-refractivity contribution is 5.97. The van der Waals surface area contributed by atoms with Crippen LogP contribution in [-0.4, -0.2) is 45.1 Å². The van der Waals surface area contributed by atoms with Crippen LogP contribution < -0.4 is 10.1 Å². The Hall–Kier alpha value is -3.86. The third-order valence-electron chi connectivity index (χ3n) is 5.86. The molecule has 2 aliphatic rings. The van der Waals surface area contributed by atoms with Crippen LogP contribution in [0.5, 0.6) is 11.5 Å². The number of pyridine rings is 1. The topological polar surface area (TPSA) is 107 Å². The third-order valence-corrected chi connectivity index (χ3v) is 5.86. The van der Waals surface area contributed by atoms with Crippen LogP contribution in [0.15, 0.2) is 48.2 Å². The number of fused-ring (bicyclic) bond motifs is 1. The van der Waals surface area contributed by atoms with Gasteiger partial charge >= 0.3 is 0 Å². The van der Waals surface area contributed by atoms with Gasteiger partial charge in [0.15, 0.2) is 11.5 Å². The first-order valence-electron chi connectivity index (χ1n) is 10.9. The van der Waals surface area contributed by atoms with Gasteiger partial charge in [-0.25, -0.2) is 4.98 Å². The molecule has 1 aliphatic heterocycles. The van der Waals surface area contributed by atoms with E-state index in [0.29, 0.717) is 36.2 Å². The summed E-state index contributed by atoms with van der Waals surface area (Å²) in [6, 6.07) is 11.8. The lowest BCUT2D eigenvalue weighted by molar-refractivity contribution is -0.125. The number of H-pyrrole nitrogens is 1. The van der Waals surface area contributed by atoms with Gasteiger partial charge in [0.2, 0.25) is 0 Å². The predicted octanol–water partition coefficient (Wildman–Crippen LogP) is 3.93. The molecule has 1 atom stereocenters. The van der Waals surface area contributed by atoms with Gasteiger partial charge in [-0.05, 0) is 44.2 Å². The zero-order valence-corrected chi connectivity index (χ0v) is 17.8. The fourth-order valence-corrected chi connectivity index (χ4v) is 3.93. The van der Waals surface area contributed by atoms with Crippen LogP contribution in [-0.2, 0) is 4.79 Å². The molecule has 3 heterocycles. The highest BCUT2D eigenvalue weighted by Gasteiger charge is 2.30. The Morgan fingerprint density at radius 3 is 2.84 bits per heavy atom. The summed E-state index contributed by atoms with van der Waals surface area (Å²) in [7, 11) is 0. The maximum absolute atomic E-state index is 12.7. The Kier molecular flexibility index (Phi) is 5.23. The van der Waals surface area contributed by atoms with Gasteiger partial charge in [-0.2, -0.15) is 10.4 Å². The molecule has 162 valence electrons. The average Bonchev–Trinajstić information content (AvgIpc) is 3.34. The summed E-state index contributed by atoms with van der Waals surface area (Å²) in [5, 5.41) is 20.9. The van der Waals surface area contributed by atoms with Gasteiger partial charge in [0.05, 0.1) is 0 Å². The molecule has 0 bridgehead atoms. The van der Waals surface area contributed by atoms with E-state index < -0.39 is 0 Å². The predicted molar refractivity (Wildman–Crippen MR) is 120 cm³/mol. The lowest BCUT2D eigenvalue weighted by atomic mass is 10.2. The van der Waals surface area contributed by atoms with Crippen molar-refractivity contribution in [3.05, 3.63) is 53.7 Å². The highest BCUT2D eigenvalue weighted by Crippen LogP contribution is 2.34. The van der Waals surface area contributed by atoms with Crippen molar-refractivity contribution in [1.29, 1.82) is 5.26 Å². The minimum Gasteiger partial charge on any atom is -0.456 e. The Morgan fingerprint density at radius 1 is 1.28 bits per heavy atom. The number of nitrogens with zero attached hydrogens (tertiary/aromatic N) is 4. The first kappa shape index (κ1) is 20.1. The number of nitrogens with one attached hydrogen (secondary N) is 2. The Bertz CT molecular complexity index is 1220. The molecule has 32 heavy (non-hydrogen) atoms. The van der Waals surface area contributed by atoms with Crippen LogP contribution >= 0.6 is 0 Å². The second-order valence-corrected chi connectivity index (χ2v) is 8.43. The van der Waals surface area contributed by atoms with E-state index in [4.69, 9.17) is 4.74 Å². The number of carbonyl (C=O) groups is 1. The number of aromatic nitrogens is 3. The number of aryl methyl sites for hydroxylation is 1. The second-order valence-electron chi connectivity index (χ2n) is 8.43. The molecule has 8 heteroatoms. The number of allylic oxidation sites excluding steroid dienone is 1. The number of ether oxygens (including phenoxy) is 1. The minimum absolute atomic E-state index is 0.0266. The first-order chi connectivity index (χ1) is 15.6. The summed E-state index contributed by atoms with van der Waals surface area (Å²) in [5.41, 5.74) is 2.05. The Balaban J connectivity index is 1.32. The molecule has 1 saturated carbocycles. The van der Waals surface area contributed by atoms with Crippen molar-refractivity contribution in [2.45, 2.75) is 32.2 Å². The van der Waals surface area contributed by atoms with Gasteiger partial charge in [0.1, 0.15) is 28.5 Å². The fourth-order valence-electron chi connectivity index (χ4n) is 3.93. The largest absolute Gasteiger partial charge is 0.456 e. The van der Waals surface area contributed by atoms with Gasteiger partial charge in [-0.3, -0.25) is 9.89 Å². The SMILES string of the molecule is Cc1ccc(Oc2ccnc3[nH]nc(N[C@@H]4CCN(C(=O)/C(C#N)=C/C5CC5)C4)c23)cc1. The van der Waals surface area contributed by atoms with E-state index in [1.165, 1.54) is 0 Å². The molecular weight excluding hydrogens is 404 g/mol. The molecule has 2 aromatic heterocycles. The lowest BCUT2D eigenvalue weighted by Gasteiger charge is -2.17. The molecule has 1 aliphatic carbocycles. The molecule has 0 radical (unpaired) electrons. The van der Waals surface area contributed by atoms with Gasteiger partial charge < -0.3 is 15.0 Å². The van der Waals surface area contributed by atoms with E-state index in [9.17, 15) is 10.1 Å². The zero-order chi connectivity index (χ0) is 22.1. The van der Waals surface area contributed by atoms with E-state index in [-0.39, 0.29) is 17.5 Å². The summed E-state index contributed by atoms with van der Waals surface area (Å²) >= 11 is 0. The maximum Gasteiger partial charge on any atom is 0.264 e. The van der Waals surface area contributed by atoms with Gasteiger partial charge in [-0.1, -0.05) is 23.8 Å². The van der Waals surface area contributed by atoms with Crippen molar-refractivity contribution in [2.75, 3.05) is 18.4 Å². The van der Waals surface area contributed by atoms with Crippen LogP contribution in [0.2, 0.25) is 0 Å². The molecule has 8 nitrogen and oxygen atoms in total. The number of aromatic amines is 1. The van der Waals surface area contributed by atoms with E-state index >= 15 is 0 Å². The van der Waals surface area contributed by atoms with Crippen LogP contribution in [0, 0.1) is 24.2 Å². The number of hydrogen-bond acceptors (Lipinski definition) is 6. The van der Waals surface area contributed by atoms with Crippen molar-refractivity contribution >= 4 is 22.8 Å². The monoisotopic (exact) mass is 428 g/mol. The Labute approximate surface area is 185 Å². The van der Waals surface area contributed by atoms with Gasteiger partial charge in [0, 0.05) is 31.4 Å². The first-order valence-corrected chi connectivity index (χ1v) is 10.9. The maximum atomic E-state index is 12.7. The molecular formula is C24H24N6O2. The number of rotatable bonds is 6. The minimum atomic E-state index is -0.180. The molecule has 2 fully saturated rings. The number of nitriles is 1. The van der Waals surface area contributed by atoms with E-state index in [0.717, 1.165) is 36.0 Å². The number of carbonyl (C=O) groups excluding carboxylic acids is 1. The van der Waals surface area contributed by atoms with Crippen LogP contribution in [0.3, 0.4) is 0 Å². The van der Waals surface area contributed by atoms with Crippen molar-refractivity contribution in [3.8, 4) is 17.6 Å². The fraction of sp³-hybridized carbons (Fsp3) is 0.333. The second kappa shape index (κ2) is 8.35. The lowest BCUT2D eigenvalue weighted by Crippen LogP contribution is -2.32. The van der Waals surface area contributed by atoms with Gasteiger partial charge in [-0.15, -0.1) is 0 Å². The smallest absolute Gasteiger partial charge is 0.264 e. The molecule has 3 aromatic rings. The standard InChI is InChI=1S/C24H24N6O2/c1-15-2-6-19(7-3-15)32-20-8-10-26-22-21(20)23(29-28-22)27-18-9-11-30(14-18)24(31)17(13-25)12-16-4-5-16/h2-3,6-8,10,12,16,18H,4-5,9,11,14H2,1H3,(H2,26,27,28,29)/b17-12+/t18-/m1/s1. The van der Waals surface area contributed by atoms with Crippen molar-refractivity contribution in [2.24, 2.45) is 5.92 Å². The zero-order valence-electron chi connectivity index (χ0n) is 17.8. The number of hydrogen-bond donors (Lipinski definition) is 2. The van der Waals surface area contributed by atoms with E-state index in [2.05, 4.69) is 26.6 Å².